The Labute approximate surface area is 178 Å². The number of benzene rings is 2. The van der Waals surface area contributed by atoms with Crippen LogP contribution in [-0.2, 0) is 11.2 Å². The topological polar surface area (TPSA) is 93.0 Å². The van der Waals surface area contributed by atoms with Crippen LogP contribution in [0, 0.1) is 6.92 Å². The highest BCUT2D eigenvalue weighted by Gasteiger charge is 2.39. The van der Waals surface area contributed by atoms with Crippen molar-refractivity contribution in [2.45, 2.75) is 19.4 Å². The molecule has 0 spiro atoms. The number of nitrogens with zero attached hydrogens (tertiary/aromatic N) is 5. The van der Waals surface area contributed by atoms with Gasteiger partial charge in [-0.15, -0.1) is 5.10 Å². The molecule has 1 atom stereocenters. The Balaban J connectivity index is 1.59. The summed E-state index contributed by atoms with van der Waals surface area (Å²) in [6, 6.07) is 14.7. The van der Waals surface area contributed by atoms with E-state index in [-0.39, 0.29) is 17.5 Å². The highest BCUT2D eigenvalue weighted by Crippen LogP contribution is 2.34. The molecule has 2 aromatic heterocycles. The van der Waals surface area contributed by atoms with Gasteiger partial charge in [0.1, 0.15) is 6.04 Å². The van der Waals surface area contributed by atoms with Crippen LogP contribution in [0.3, 0.4) is 0 Å². The van der Waals surface area contributed by atoms with Gasteiger partial charge in [0.05, 0.1) is 11.4 Å². The molecule has 3 heterocycles. The van der Waals surface area contributed by atoms with Crippen LogP contribution in [0.2, 0.25) is 0 Å². The summed E-state index contributed by atoms with van der Waals surface area (Å²) in [6.07, 6.45) is 3.97. The van der Waals surface area contributed by atoms with E-state index in [9.17, 15) is 9.59 Å². The zero-order valence-electron chi connectivity index (χ0n) is 17.1. The second-order valence-electron chi connectivity index (χ2n) is 7.45. The number of carbonyl (C=O) groups excluding carboxylic acids is 2. The second-order valence-corrected chi connectivity index (χ2v) is 7.45. The molecule has 0 bridgehead atoms. The van der Waals surface area contributed by atoms with Crippen LogP contribution in [0.5, 0.6) is 0 Å². The fourth-order valence-corrected chi connectivity index (χ4v) is 4.17. The van der Waals surface area contributed by atoms with Crippen molar-refractivity contribution in [1.29, 1.82) is 0 Å². The van der Waals surface area contributed by atoms with Crippen molar-refractivity contribution in [3.8, 4) is 5.69 Å². The van der Waals surface area contributed by atoms with Gasteiger partial charge in [0, 0.05) is 42.3 Å². The molecule has 1 aliphatic rings. The quantitative estimate of drug-likeness (QED) is 0.558. The predicted octanol–water partition coefficient (Wildman–Crippen LogP) is 2.44. The van der Waals surface area contributed by atoms with Crippen molar-refractivity contribution in [2.75, 3.05) is 11.9 Å². The Morgan fingerprint density at radius 1 is 1.06 bits per heavy atom. The molecule has 31 heavy (non-hydrogen) atoms. The summed E-state index contributed by atoms with van der Waals surface area (Å²) in [5.74, 6) is -0.555. The number of nitrogens with one attached hydrogen (secondary N) is 1. The number of rotatable bonds is 3. The van der Waals surface area contributed by atoms with Gasteiger partial charge in [0.2, 0.25) is 5.91 Å². The molecule has 5 rings (SSSR count). The number of hydrogen-bond donors (Lipinski definition) is 1. The van der Waals surface area contributed by atoms with E-state index in [0.29, 0.717) is 12.1 Å². The molecule has 0 aliphatic carbocycles. The van der Waals surface area contributed by atoms with Crippen LogP contribution in [0.1, 0.15) is 21.7 Å². The van der Waals surface area contributed by atoms with Crippen molar-refractivity contribution in [1.82, 2.24) is 25.3 Å². The molecule has 1 N–H and O–H groups in total. The van der Waals surface area contributed by atoms with Crippen LogP contribution in [-0.4, -0.2) is 44.9 Å². The first-order valence-corrected chi connectivity index (χ1v) is 9.98. The van der Waals surface area contributed by atoms with Gasteiger partial charge in [-0.1, -0.05) is 35.5 Å². The summed E-state index contributed by atoms with van der Waals surface area (Å²) in [6.45, 7) is 1.81. The van der Waals surface area contributed by atoms with E-state index in [1.54, 1.807) is 24.1 Å². The van der Waals surface area contributed by atoms with E-state index in [4.69, 9.17) is 0 Å². The maximum absolute atomic E-state index is 13.6. The van der Waals surface area contributed by atoms with Gasteiger partial charge in [-0.05, 0) is 30.7 Å². The van der Waals surface area contributed by atoms with Gasteiger partial charge >= 0.3 is 0 Å². The summed E-state index contributed by atoms with van der Waals surface area (Å²) in [5.41, 5.74) is 3.32. The third-order valence-electron chi connectivity index (χ3n) is 5.73. The second kappa shape index (κ2) is 7.32. The Morgan fingerprint density at radius 3 is 2.71 bits per heavy atom. The molecule has 8 heteroatoms. The van der Waals surface area contributed by atoms with Crippen molar-refractivity contribution in [3.05, 3.63) is 77.9 Å². The molecule has 8 nitrogen and oxygen atoms in total. The first-order chi connectivity index (χ1) is 15.1. The largest absolute Gasteiger partial charge is 0.357 e. The van der Waals surface area contributed by atoms with Gasteiger partial charge in [-0.2, -0.15) is 0 Å². The molecule has 1 aliphatic heterocycles. The van der Waals surface area contributed by atoms with Crippen LogP contribution < -0.4 is 10.2 Å². The standard InChI is InChI=1S/C23H20N6O2/c1-14-21(26-27-29(14)19-9-5-7-16-13-25-11-10-17(16)19)23(31)28-18-8-4-3-6-15(18)12-20(28)22(30)24-2/h3-11,13,20H,12H2,1-2H3,(H,24,30). The molecule has 2 amide bonds. The Bertz CT molecular complexity index is 1320. The lowest BCUT2D eigenvalue weighted by Crippen LogP contribution is -2.47. The SMILES string of the molecule is CNC(=O)C1Cc2ccccc2N1C(=O)c1nnn(-c2cccc3cnccc23)c1C. The first-order valence-electron chi connectivity index (χ1n) is 9.98. The minimum atomic E-state index is -0.622. The van der Waals surface area contributed by atoms with Crippen molar-refractivity contribution < 1.29 is 9.59 Å². The Morgan fingerprint density at radius 2 is 1.87 bits per heavy atom. The molecule has 2 aromatic carbocycles. The summed E-state index contributed by atoms with van der Waals surface area (Å²) in [5, 5.41) is 13.1. The Kier molecular flexibility index (Phi) is 4.47. The molecule has 1 unspecified atom stereocenters. The van der Waals surface area contributed by atoms with Crippen LogP contribution in [0.25, 0.3) is 16.5 Å². The lowest BCUT2D eigenvalue weighted by Gasteiger charge is -2.23. The molecule has 0 radical (unpaired) electrons. The highest BCUT2D eigenvalue weighted by molar-refractivity contribution is 6.11. The van der Waals surface area contributed by atoms with Crippen molar-refractivity contribution in [3.63, 3.8) is 0 Å². The third-order valence-corrected chi connectivity index (χ3v) is 5.73. The first kappa shape index (κ1) is 18.9. The maximum atomic E-state index is 13.6. The highest BCUT2D eigenvalue weighted by atomic mass is 16.2. The number of hydrogen-bond acceptors (Lipinski definition) is 5. The summed E-state index contributed by atoms with van der Waals surface area (Å²) in [7, 11) is 1.57. The van der Waals surface area contributed by atoms with Crippen molar-refractivity contribution in [2.24, 2.45) is 0 Å². The maximum Gasteiger partial charge on any atom is 0.281 e. The zero-order valence-corrected chi connectivity index (χ0v) is 17.1. The van der Waals surface area contributed by atoms with Crippen LogP contribution >= 0.6 is 0 Å². The molecular weight excluding hydrogens is 392 g/mol. The molecule has 0 fully saturated rings. The monoisotopic (exact) mass is 412 g/mol. The van der Waals surface area contributed by atoms with E-state index < -0.39 is 6.04 Å². The smallest absolute Gasteiger partial charge is 0.281 e. The number of amides is 2. The van der Waals surface area contributed by atoms with E-state index in [0.717, 1.165) is 27.7 Å². The molecule has 154 valence electrons. The van der Waals surface area contributed by atoms with Crippen LogP contribution in [0.15, 0.2) is 60.9 Å². The molecule has 0 saturated heterocycles. The number of carbonyl (C=O) groups is 2. The summed E-state index contributed by atoms with van der Waals surface area (Å²) < 4.78 is 1.66. The van der Waals surface area contributed by atoms with E-state index in [2.05, 4.69) is 20.6 Å². The normalized spacial score (nSPS) is 15.2. The van der Waals surface area contributed by atoms with Gasteiger partial charge in [-0.3, -0.25) is 19.5 Å². The third kappa shape index (κ3) is 2.95. The number of pyridine rings is 1. The number of aromatic nitrogens is 4. The minimum Gasteiger partial charge on any atom is -0.357 e. The Hall–Kier alpha value is -4.07. The van der Waals surface area contributed by atoms with Crippen LogP contribution in [0.4, 0.5) is 5.69 Å². The number of fused-ring (bicyclic) bond motifs is 2. The molecule has 4 aromatic rings. The summed E-state index contributed by atoms with van der Waals surface area (Å²) >= 11 is 0. The van der Waals surface area contributed by atoms with Gasteiger partial charge in [0.25, 0.3) is 5.91 Å². The summed E-state index contributed by atoms with van der Waals surface area (Å²) in [4.78, 5) is 31.8. The fourth-order valence-electron chi connectivity index (χ4n) is 4.17. The lowest BCUT2D eigenvalue weighted by atomic mass is 10.1. The lowest BCUT2D eigenvalue weighted by molar-refractivity contribution is -0.121. The van der Waals surface area contributed by atoms with E-state index in [1.807, 2.05) is 55.5 Å². The fraction of sp³-hybridized carbons (Fsp3) is 0.174. The number of likely N-dealkylation sites (N-methyl/N-ethyl adjacent to an activating group) is 1. The average molecular weight is 412 g/mol. The van der Waals surface area contributed by atoms with E-state index >= 15 is 0 Å². The number of anilines is 1. The van der Waals surface area contributed by atoms with E-state index in [1.165, 1.54) is 4.90 Å². The predicted molar refractivity (Wildman–Crippen MR) is 116 cm³/mol. The average Bonchev–Trinajstić information content (AvgIpc) is 3.38. The zero-order chi connectivity index (χ0) is 21.5. The number of para-hydroxylation sites is 1. The van der Waals surface area contributed by atoms with Gasteiger partial charge < -0.3 is 5.32 Å². The molecular formula is C23H20N6O2. The molecule has 0 saturated carbocycles. The minimum absolute atomic E-state index is 0.212. The van der Waals surface area contributed by atoms with Gasteiger partial charge in [0.15, 0.2) is 5.69 Å². The van der Waals surface area contributed by atoms with Gasteiger partial charge in [-0.25, -0.2) is 4.68 Å². The van der Waals surface area contributed by atoms with Crippen molar-refractivity contribution >= 4 is 28.3 Å².